The lowest BCUT2D eigenvalue weighted by Gasteiger charge is -2.22. The van der Waals surface area contributed by atoms with Crippen LogP contribution < -0.4 is 15.4 Å². The highest BCUT2D eigenvalue weighted by atomic mass is 32.1. The maximum absolute atomic E-state index is 12.5. The van der Waals surface area contributed by atoms with Gasteiger partial charge in [0.1, 0.15) is 22.9 Å². The average molecular weight is 440 g/mol. The van der Waals surface area contributed by atoms with Gasteiger partial charge in [0.15, 0.2) is 0 Å². The van der Waals surface area contributed by atoms with Crippen LogP contribution in [0.3, 0.4) is 0 Å². The van der Waals surface area contributed by atoms with Gasteiger partial charge in [-0.05, 0) is 44.4 Å². The van der Waals surface area contributed by atoms with Crippen LogP contribution in [0.5, 0.6) is 5.75 Å². The first-order valence-electron chi connectivity index (χ1n) is 10.3. The van der Waals surface area contributed by atoms with E-state index in [2.05, 4.69) is 16.7 Å². The number of benzene rings is 1. The molecule has 0 radical (unpaired) electrons. The lowest BCUT2D eigenvalue weighted by molar-refractivity contribution is -0.111. The Balaban J connectivity index is 1.70. The summed E-state index contributed by atoms with van der Waals surface area (Å²) in [5.41, 5.74) is 2.23. The van der Waals surface area contributed by atoms with Crippen LogP contribution in [0.2, 0.25) is 0 Å². The second-order valence-electron chi connectivity index (χ2n) is 6.91. The number of carbonyl (C=O) groups excluding carboxylic acids is 2. The molecule has 0 bridgehead atoms. The number of para-hydroxylation sites is 1. The Morgan fingerprint density at radius 1 is 1.32 bits per heavy atom. The van der Waals surface area contributed by atoms with Gasteiger partial charge in [-0.1, -0.05) is 18.2 Å². The molecule has 2 aromatic rings. The summed E-state index contributed by atoms with van der Waals surface area (Å²) >= 11 is 1.37. The number of rotatable bonds is 7. The zero-order valence-corrected chi connectivity index (χ0v) is 18.4. The van der Waals surface area contributed by atoms with Crippen LogP contribution in [0.1, 0.15) is 41.8 Å². The number of alkyl carbamates (subject to hydrolysis) is 1. The van der Waals surface area contributed by atoms with Crippen molar-refractivity contribution in [3.05, 3.63) is 51.9 Å². The molecule has 1 aliphatic rings. The van der Waals surface area contributed by atoms with Crippen LogP contribution in [0, 0.1) is 11.3 Å². The van der Waals surface area contributed by atoms with E-state index in [1.807, 2.05) is 38.1 Å². The largest absolute Gasteiger partial charge is 0.493 e. The third-order valence-corrected chi connectivity index (χ3v) is 5.97. The Labute approximate surface area is 185 Å². The maximum Gasteiger partial charge on any atom is 0.407 e. The summed E-state index contributed by atoms with van der Waals surface area (Å²) < 4.78 is 11.0. The number of nitrogens with one attached hydrogen (secondary N) is 2. The molecule has 1 aromatic heterocycles. The van der Waals surface area contributed by atoms with E-state index in [0.717, 1.165) is 16.0 Å². The molecule has 1 atom stereocenters. The van der Waals surface area contributed by atoms with Crippen molar-refractivity contribution >= 4 is 34.4 Å². The Bertz CT molecular complexity index is 1020. The zero-order valence-electron chi connectivity index (χ0n) is 17.6. The molecule has 31 heavy (non-hydrogen) atoms. The summed E-state index contributed by atoms with van der Waals surface area (Å²) in [5.74, 6) is 0.382. The van der Waals surface area contributed by atoms with E-state index in [1.165, 1.54) is 17.4 Å². The molecule has 162 valence electrons. The fourth-order valence-electron chi connectivity index (χ4n) is 3.42. The SMILES string of the molecule is CCNC(=O)OC1CCc2c(sc(NC(=O)C=Cc3ccccc3OCC)c2C#N)C1. The van der Waals surface area contributed by atoms with Crippen LogP contribution >= 0.6 is 11.3 Å². The molecule has 0 saturated carbocycles. The van der Waals surface area contributed by atoms with Gasteiger partial charge in [0.2, 0.25) is 5.91 Å². The fraction of sp³-hybridized carbons (Fsp3) is 0.348. The van der Waals surface area contributed by atoms with E-state index in [1.54, 1.807) is 6.08 Å². The predicted octanol–water partition coefficient (Wildman–Crippen LogP) is 4.27. The first-order valence-corrected chi connectivity index (χ1v) is 11.1. The third kappa shape index (κ3) is 5.64. The molecule has 1 aliphatic carbocycles. The first kappa shape index (κ1) is 22.4. The van der Waals surface area contributed by atoms with Crippen molar-refractivity contribution in [1.82, 2.24) is 5.32 Å². The lowest BCUT2D eigenvalue weighted by Crippen LogP contribution is -2.31. The monoisotopic (exact) mass is 439 g/mol. The van der Waals surface area contributed by atoms with Crippen LogP contribution in [0.15, 0.2) is 30.3 Å². The Morgan fingerprint density at radius 2 is 2.13 bits per heavy atom. The second kappa shape index (κ2) is 10.6. The molecule has 0 spiro atoms. The lowest BCUT2D eigenvalue weighted by atomic mass is 9.94. The van der Waals surface area contributed by atoms with Crippen LogP contribution in [-0.4, -0.2) is 31.3 Å². The molecule has 7 nitrogen and oxygen atoms in total. The van der Waals surface area contributed by atoms with Crippen LogP contribution in [0.25, 0.3) is 6.08 Å². The van der Waals surface area contributed by atoms with Crippen molar-refractivity contribution in [2.24, 2.45) is 0 Å². The highest BCUT2D eigenvalue weighted by Crippen LogP contribution is 2.38. The number of nitriles is 1. The number of hydrogen-bond acceptors (Lipinski definition) is 6. The van der Waals surface area contributed by atoms with Gasteiger partial charge in [-0.15, -0.1) is 11.3 Å². The minimum atomic E-state index is -0.431. The summed E-state index contributed by atoms with van der Waals surface area (Å²) in [6.45, 7) is 4.78. The normalized spacial score (nSPS) is 15.1. The summed E-state index contributed by atoms with van der Waals surface area (Å²) in [7, 11) is 0. The summed E-state index contributed by atoms with van der Waals surface area (Å²) in [6.07, 6.45) is 4.28. The second-order valence-corrected chi connectivity index (χ2v) is 8.02. The zero-order chi connectivity index (χ0) is 22.2. The number of thiophene rings is 1. The quantitative estimate of drug-likeness (QED) is 0.628. The number of amides is 2. The van der Waals surface area contributed by atoms with Gasteiger partial charge in [0.25, 0.3) is 0 Å². The van der Waals surface area contributed by atoms with E-state index in [-0.39, 0.29) is 12.0 Å². The molecule has 1 unspecified atom stereocenters. The van der Waals surface area contributed by atoms with Crippen molar-refractivity contribution in [2.45, 2.75) is 39.2 Å². The van der Waals surface area contributed by atoms with Crippen molar-refractivity contribution in [3.63, 3.8) is 0 Å². The van der Waals surface area contributed by atoms with E-state index < -0.39 is 6.09 Å². The number of ether oxygens (including phenoxy) is 2. The van der Waals surface area contributed by atoms with E-state index in [0.29, 0.717) is 48.7 Å². The highest BCUT2D eigenvalue weighted by Gasteiger charge is 2.28. The van der Waals surface area contributed by atoms with Gasteiger partial charge in [-0.3, -0.25) is 4.79 Å². The highest BCUT2D eigenvalue weighted by molar-refractivity contribution is 7.16. The van der Waals surface area contributed by atoms with E-state index in [4.69, 9.17) is 9.47 Å². The van der Waals surface area contributed by atoms with Crippen LogP contribution in [-0.2, 0) is 22.4 Å². The number of carbonyl (C=O) groups is 2. The third-order valence-electron chi connectivity index (χ3n) is 4.80. The van der Waals surface area contributed by atoms with Crippen molar-refractivity contribution in [1.29, 1.82) is 5.26 Å². The Kier molecular flexibility index (Phi) is 7.68. The number of fused-ring (bicyclic) bond motifs is 1. The molecule has 2 amide bonds. The molecule has 1 heterocycles. The van der Waals surface area contributed by atoms with Crippen molar-refractivity contribution in [2.75, 3.05) is 18.5 Å². The van der Waals surface area contributed by atoms with Crippen molar-refractivity contribution in [3.8, 4) is 11.8 Å². The Hall–Kier alpha value is -3.31. The van der Waals surface area contributed by atoms with Gasteiger partial charge in [0.05, 0.1) is 12.2 Å². The minimum Gasteiger partial charge on any atom is -0.493 e. The average Bonchev–Trinajstić information content (AvgIpc) is 3.09. The first-order chi connectivity index (χ1) is 15.0. The van der Waals surface area contributed by atoms with Gasteiger partial charge >= 0.3 is 6.09 Å². The maximum atomic E-state index is 12.5. The standard InChI is InChI=1S/C23H25N3O4S/c1-3-25-23(28)30-16-10-11-17-18(14-24)22(31-20(17)13-16)26-21(27)12-9-15-7-5-6-8-19(15)29-4-2/h5-9,12,16H,3-4,10-11,13H2,1-2H3,(H,25,28)(H,26,27). The summed E-state index contributed by atoms with van der Waals surface area (Å²) in [5, 5.41) is 15.6. The van der Waals surface area contributed by atoms with Crippen LogP contribution in [0.4, 0.5) is 9.80 Å². The number of nitrogens with zero attached hydrogens (tertiary/aromatic N) is 1. The summed E-state index contributed by atoms with van der Waals surface area (Å²) in [4.78, 5) is 25.2. The van der Waals surface area contributed by atoms with Gasteiger partial charge in [-0.2, -0.15) is 5.26 Å². The smallest absolute Gasteiger partial charge is 0.407 e. The van der Waals surface area contributed by atoms with Gasteiger partial charge < -0.3 is 20.1 Å². The molecule has 8 heteroatoms. The molecular weight excluding hydrogens is 414 g/mol. The van der Waals surface area contributed by atoms with Crippen molar-refractivity contribution < 1.29 is 19.1 Å². The Morgan fingerprint density at radius 3 is 2.87 bits per heavy atom. The number of anilines is 1. The minimum absolute atomic E-state index is 0.234. The van der Waals surface area contributed by atoms with E-state index >= 15 is 0 Å². The molecule has 1 aromatic carbocycles. The molecule has 0 aliphatic heterocycles. The molecular formula is C23H25N3O4S. The topological polar surface area (TPSA) is 100 Å². The fourth-order valence-corrected chi connectivity index (χ4v) is 4.69. The molecule has 0 fully saturated rings. The molecule has 3 rings (SSSR count). The molecule has 0 saturated heterocycles. The van der Waals surface area contributed by atoms with Gasteiger partial charge in [-0.25, -0.2) is 4.79 Å². The number of hydrogen-bond donors (Lipinski definition) is 2. The van der Waals surface area contributed by atoms with E-state index in [9.17, 15) is 14.9 Å². The van der Waals surface area contributed by atoms with Gasteiger partial charge in [0, 0.05) is 29.5 Å². The molecule has 2 N–H and O–H groups in total. The predicted molar refractivity (Wildman–Crippen MR) is 120 cm³/mol. The summed E-state index contributed by atoms with van der Waals surface area (Å²) in [6, 6.07) is 9.69.